The van der Waals surface area contributed by atoms with E-state index in [2.05, 4.69) is 205 Å². The van der Waals surface area contributed by atoms with Gasteiger partial charge in [0.2, 0.25) is 0 Å². The van der Waals surface area contributed by atoms with Gasteiger partial charge in [-0.2, -0.15) is 0 Å². The maximum atomic E-state index is 5.40. The molecule has 0 amide bonds. The van der Waals surface area contributed by atoms with Crippen LogP contribution in [0.5, 0.6) is 0 Å². The van der Waals surface area contributed by atoms with Gasteiger partial charge in [0.25, 0.3) is 0 Å². The minimum atomic E-state index is -0.132. The predicted molar refractivity (Wildman–Crippen MR) is 262 cm³/mol. The largest absolute Gasteiger partial charge is 0.324 e. The number of benzene rings is 4. The van der Waals surface area contributed by atoms with E-state index < -0.39 is 0 Å². The van der Waals surface area contributed by atoms with Gasteiger partial charge in [0.1, 0.15) is 22.6 Å². The lowest BCUT2D eigenvalue weighted by Crippen LogP contribution is -2.11. The zero-order valence-electron chi connectivity index (χ0n) is 35.8. The van der Waals surface area contributed by atoms with Crippen molar-refractivity contribution < 1.29 is 0 Å². The second-order valence-electron chi connectivity index (χ2n) is 20.1. The monoisotopic (exact) mass is 1050 g/mol. The van der Waals surface area contributed by atoms with E-state index in [1.807, 2.05) is 0 Å². The van der Waals surface area contributed by atoms with Gasteiger partial charge < -0.3 is 9.97 Å². The smallest absolute Gasteiger partial charge is 0.165 e. The molecule has 4 aromatic carbocycles. The molecule has 0 saturated heterocycles. The Kier molecular flexibility index (Phi) is 9.57. The lowest BCUT2D eigenvalue weighted by molar-refractivity contribution is 0.590. The third kappa shape index (κ3) is 6.97. The van der Waals surface area contributed by atoms with Gasteiger partial charge in [-0.05, 0) is 92.4 Å². The molecule has 2 N–H and O–H groups in total. The predicted octanol–water partition coefficient (Wildman–Crippen LogP) is 15.1. The summed E-state index contributed by atoms with van der Waals surface area (Å²) in [6.45, 7) is 26.6. The number of hydrogen-bond donors (Lipinski definition) is 2. The van der Waals surface area contributed by atoms with E-state index in [4.69, 9.17) is 29.9 Å². The lowest BCUT2D eigenvalue weighted by atomic mass is 9.85. The molecule has 8 nitrogen and oxygen atoms in total. The van der Waals surface area contributed by atoms with Crippen LogP contribution in [0.1, 0.15) is 105 Å². The fraction of sp³-hybridized carbons (Fsp3) is 0.333. The summed E-state index contributed by atoms with van der Waals surface area (Å²) >= 11 is 15.9. The Hall–Kier alpha value is -3.84. The van der Waals surface area contributed by atoms with E-state index in [-0.39, 0.29) is 21.7 Å². The summed E-state index contributed by atoms with van der Waals surface area (Å²) in [5.41, 5.74) is 10.2. The van der Waals surface area contributed by atoms with Crippen molar-refractivity contribution in [1.82, 2.24) is 39.9 Å². The molecule has 306 valence electrons. The normalized spacial score (nSPS) is 13.3. The van der Waals surface area contributed by atoms with Crippen LogP contribution in [-0.2, 0) is 21.7 Å². The molecule has 0 aliphatic carbocycles. The zero-order valence-corrected chi connectivity index (χ0v) is 42.2. The number of hydrogen-bond acceptors (Lipinski definition) is 6. The first-order valence-electron chi connectivity index (χ1n) is 20.1. The van der Waals surface area contributed by atoms with Crippen LogP contribution in [0.3, 0.4) is 0 Å². The number of rotatable bonds is 0. The van der Waals surface area contributed by atoms with Crippen molar-refractivity contribution in [3.63, 3.8) is 0 Å². The molecule has 60 heavy (non-hydrogen) atoms. The van der Waals surface area contributed by atoms with Crippen molar-refractivity contribution in [3.05, 3.63) is 88.7 Å². The van der Waals surface area contributed by atoms with Crippen molar-refractivity contribution >= 4 is 108 Å². The minimum Gasteiger partial charge on any atom is -0.324 e. The number of nitrogens with one attached hydrogen (secondary N) is 2. The molecule has 2 aliphatic rings. The molecular weight excluding hydrogens is 1010 g/mol. The van der Waals surface area contributed by atoms with Gasteiger partial charge in [-0.25, -0.2) is 29.9 Å². The molecule has 0 spiro atoms. The maximum absolute atomic E-state index is 5.40. The van der Waals surface area contributed by atoms with Gasteiger partial charge in [-0.3, -0.25) is 0 Å². The zero-order chi connectivity index (χ0) is 43.2. The van der Waals surface area contributed by atoms with E-state index >= 15 is 0 Å². The van der Waals surface area contributed by atoms with Crippen molar-refractivity contribution in [2.24, 2.45) is 0 Å². The molecule has 7 aromatic rings. The van der Waals surface area contributed by atoms with Gasteiger partial charge in [-0.15, -0.1) is 0 Å². The SMILES string of the molecule is CC(C)(C)c1cc(Br)c2c(c1)-c1nc-2nc2[nH]c(nc3nc(nc4[nH]c(n1)c1cc(C(C)(C)C)cc(Br)c41)-c1c(Br)cc(C(C)(C)C)cc1-3)c1cc(C(C)(C)C)cc(Br)c21. The number of fused-ring (bicyclic) bond motifs is 20. The van der Waals surface area contributed by atoms with Crippen LogP contribution in [0.2, 0.25) is 0 Å². The molecule has 8 bridgehead atoms. The number of aromatic nitrogens is 8. The molecule has 0 radical (unpaired) electrons. The summed E-state index contributed by atoms with van der Waals surface area (Å²) < 4.78 is 3.62. The molecule has 0 unspecified atom stereocenters. The summed E-state index contributed by atoms with van der Waals surface area (Å²) in [6, 6.07) is 17.6. The molecule has 2 aliphatic heterocycles. The molecule has 9 rings (SSSR count). The average Bonchev–Trinajstić information content (AvgIpc) is 3.85. The van der Waals surface area contributed by atoms with Gasteiger partial charge in [-0.1, -0.05) is 147 Å². The fourth-order valence-corrected chi connectivity index (χ4v) is 10.4. The Morgan fingerprint density at radius 1 is 0.350 bits per heavy atom. The van der Waals surface area contributed by atoms with Gasteiger partial charge in [0.05, 0.1) is 0 Å². The molecule has 3 aromatic heterocycles. The highest BCUT2D eigenvalue weighted by molar-refractivity contribution is 9.11. The number of H-pyrrole nitrogens is 2. The second-order valence-corrected chi connectivity index (χ2v) is 23.5. The third-order valence-corrected chi connectivity index (χ3v) is 14.0. The van der Waals surface area contributed by atoms with Gasteiger partial charge in [0.15, 0.2) is 23.3 Å². The highest BCUT2D eigenvalue weighted by Crippen LogP contribution is 2.46. The van der Waals surface area contributed by atoms with Crippen molar-refractivity contribution in [2.75, 3.05) is 0 Å². The Labute approximate surface area is 383 Å². The van der Waals surface area contributed by atoms with Crippen LogP contribution < -0.4 is 0 Å². The van der Waals surface area contributed by atoms with E-state index in [1.54, 1.807) is 0 Å². The number of halogens is 4. The molecule has 0 atom stereocenters. The van der Waals surface area contributed by atoms with Crippen LogP contribution >= 0.6 is 63.7 Å². The van der Waals surface area contributed by atoms with Crippen LogP contribution in [0.25, 0.3) is 89.7 Å². The summed E-state index contributed by atoms with van der Waals surface area (Å²) in [4.78, 5) is 39.3. The van der Waals surface area contributed by atoms with Gasteiger partial charge in [0, 0.05) is 61.7 Å². The molecule has 0 saturated carbocycles. The minimum absolute atomic E-state index is 0.129. The van der Waals surface area contributed by atoms with Crippen LogP contribution in [0.4, 0.5) is 0 Å². The first kappa shape index (κ1) is 41.5. The number of nitrogens with zero attached hydrogens (tertiary/aromatic N) is 6. The quantitative estimate of drug-likeness (QED) is 0.157. The maximum Gasteiger partial charge on any atom is 0.165 e. The third-order valence-electron chi connectivity index (χ3n) is 11.5. The summed E-state index contributed by atoms with van der Waals surface area (Å²) in [6.07, 6.45) is 0. The lowest BCUT2D eigenvalue weighted by Gasteiger charge is -2.20. The van der Waals surface area contributed by atoms with Crippen LogP contribution in [-0.4, -0.2) is 39.9 Å². The Morgan fingerprint density at radius 2 is 0.650 bits per heavy atom. The molecule has 0 fully saturated rings. The summed E-state index contributed by atoms with van der Waals surface area (Å²) in [5.74, 6) is 2.20. The number of aromatic amines is 2. The van der Waals surface area contributed by atoms with E-state index in [9.17, 15) is 0 Å². The molecular formula is C48H46Br4N8. The van der Waals surface area contributed by atoms with Gasteiger partial charge >= 0.3 is 0 Å². The van der Waals surface area contributed by atoms with E-state index in [0.29, 0.717) is 45.9 Å². The van der Waals surface area contributed by atoms with Crippen LogP contribution in [0.15, 0.2) is 66.4 Å². The first-order chi connectivity index (χ1) is 27.9. The first-order valence-corrected chi connectivity index (χ1v) is 23.2. The summed E-state index contributed by atoms with van der Waals surface area (Å²) in [5, 5.41) is 3.65. The van der Waals surface area contributed by atoms with Crippen molar-refractivity contribution in [2.45, 2.75) is 105 Å². The fourth-order valence-electron chi connectivity index (χ4n) is 7.84. The highest BCUT2D eigenvalue weighted by atomic mass is 79.9. The van der Waals surface area contributed by atoms with Crippen molar-refractivity contribution in [3.8, 4) is 45.6 Å². The summed E-state index contributed by atoms with van der Waals surface area (Å²) in [7, 11) is 0. The van der Waals surface area contributed by atoms with Crippen molar-refractivity contribution in [1.29, 1.82) is 0 Å². The topological polar surface area (TPSA) is 109 Å². The highest BCUT2D eigenvalue weighted by Gasteiger charge is 2.30. The Morgan fingerprint density at radius 3 is 0.983 bits per heavy atom. The van der Waals surface area contributed by atoms with E-state index in [0.717, 1.165) is 83.9 Å². The second kappa shape index (κ2) is 13.8. The Balaban J connectivity index is 1.53. The Bertz CT molecular complexity index is 2970. The molecule has 5 heterocycles. The van der Waals surface area contributed by atoms with Crippen LogP contribution in [0, 0.1) is 0 Å². The molecule has 12 heteroatoms. The standard InChI is InChI=1S/C48H46Br4N8/c1-45(2,3)21-13-25-33(29(49)17-21)41-55-37(25)53-38-26-14-22(46(4,5)6)18-30(50)34(26)43(56-38)60-44-36-28(16-24(20-32(36)52)48(10,11)12)40(58-44)54-39-27-15-23(47(7,8)9)19-31(51)35(27)42(57-39)59-41/h13-20H,1-12H3,(H2,53,54,55,56,57,58,59,60). The average molecular weight is 1050 g/mol. The van der Waals surface area contributed by atoms with E-state index in [1.165, 1.54) is 0 Å².